The third-order valence-electron chi connectivity index (χ3n) is 4.82. The van der Waals surface area contributed by atoms with Gasteiger partial charge < -0.3 is 9.84 Å². The Kier molecular flexibility index (Phi) is 6.22. The van der Waals surface area contributed by atoms with Gasteiger partial charge in [0, 0.05) is 12.6 Å². The predicted molar refractivity (Wildman–Crippen MR) is 120 cm³/mol. The van der Waals surface area contributed by atoms with Crippen molar-refractivity contribution in [2.45, 2.75) is 11.4 Å². The van der Waals surface area contributed by atoms with Gasteiger partial charge in [-0.1, -0.05) is 59.2 Å². The summed E-state index contributed by atoms with van der Waals surface area (Å²) in [6, 6.07) is 19.4. The van der Waals surface area contributed by atoms with Crippen molar-refractivity contribution in [3.63, 3.8) is 0 Å². The second kappa shape index (κ2) is 9.07. The van der Waals surface area contributed by atoms with E-state index in [9.17, 15) is 13.2 Å². The number of benzene rings is 3. The number of fused-ring (bicyclic) bond motifs is 1. The van der Waals surface area contributed by atoms with Crippen LogP contribution in [0.2, 0.25) is 5.02 Å². The summed E-state index contributed by atoms with van der Waals surface area (Å²) in [5, 5.41) is 8.66. The molecule has 8 nitrogen and oxygen atoms in total. The van der Waals surface area contributed by atoms with Gasteiger partial charge in [-0.2, -0.15) is 9.29 Å². The maximum absolute atomic E-state index is 12.9. The maximum atomic E-state index is 12.9. The summed E-state index contributed by atoms with van der Waals surface area (Å²) in [5.74, 6) is -0.0292. The van der Waals surface area contributed by atoms with E-state index in [-0.39, 0.29) is 23.9 Å². The van der Waals surface area contributed by atoms with Gasteiger partial charge in [0.1, 0.15) is 0 Å². The molecule has 0 spiro atoms. The molecular formula is C22H19ClN4O4S. The first-order valence-corrected chi connectivity index (χ1v) is 11.5. The van der Waals surface area contributed by atoms with Crippen LogP contribution in [0.15, 0.2) is 76.1 Å². The summed E-state index contributed by atoms with van der Waals surface area (Å²) in [4.78, 5) is 16.6. The summed E-state index contributed by atoms with van der Waals surface area (Å²) in [5.41, 5.74) is 0.608. The standard InChI is InChI=1S/C22H19ClN4O4S/c1-27(32(29,30)17-11-10-15-6-2-3-7-16(15)12-17)14-20(28)24-13-21-25-22(26-31-21)18-8-4-5-9-19(18)23/h2-12H,13-14H2,1H3,(H,24,28). The van der Waals surface area contributed by atoms with Gasteiger partial charge in [-0.05, 0) is 35.0 Å². The Hall–Kier alpha value is -3.27. The SMILES string of the molecule is CN(CC(=O)NCc1nc(-c2ccccc2Cl)no1)S(=O)(=O)c1ccc2ccccc2c1. The molecule has 0 aliphatic rings. The number of nitrogens with one attached hydrogen (secondary N) is 1. The molecule has 0 unspecified atom stereocenters. The number of halogens is 1. The minimum Gasteiger partial charge on any atom is -0.346 e. The summed E-state index contributed by atoms with van der Waals surface area (Å²) in [6.45, 7) is -0.402. The summed E-state index contributed by atoms with van der Waals surface area (Å²) < 4.78 is 31.9. The Balaban J connectivity index is 1.39. The van der Waals surface area contributed by atoms with Crippen molar-refractivity contribution >= 4 is 38.3 Å². The highest BCUT2D eigenvalue weighted by molar-refractivity contribution is 7.89. The molecule has 0 aliphatic heterocycles. The van der Waals surface area contributed by atoms with E-state index in [1.165, 1.54) is 13.1 Å². The molecule has 1 aromatic heterocycles. The smallest absolute Gasteiger partial charge is 0.246 e. The Morgan fingerprint density at radius 1 is 1.06 bits per heavy atom. The van der Waals surface area contributed by atoms with Crippen LogP contribution in [0.1, 0.15) is 5.89 Å². The van der Waals surface area contributed by atoms with Crippen LogP contribution in [0.25, 0.3) is 22.2 Å². The van der Waals surface area contributed by atoms with Crippen molar-refractivity contribution in [1.82, 2.24) is 19.8 Å². The highest BCUT2D eigenvalue weighted by Crippen LogP contribution is 2.25. The van der Waals surface area contributed by atoms with Gasteiger partial charge in [0.2, 0.25) is 27.6 Å². The lowest BCUT2D eigenvalue weighted by atomic mass is 10.1. The molecule has 164 valence electrons. The van der Waals surface area contributed by atoms with Crippen molar-refractivity contribution < 1.29 is 17.7 Å². The van der Waals surface area contributed by atoms with E-state index < -0.39 is 15.9 Å². The summed E-state index contributed by atoms with van der Waals surface area (Å²) in [6.07, 6.45) is 0. The molecular weight excluding hydrogens is 452 g/mol. The number of rotatable bonds is 7. The fourth-order valence-corrected chi connectivity index (χ4v) is 4.49. The zero-order valence-corrected chi connectivity index (χ0v) is 18.6. The summed E-state index contributed by atoms with van der Waals surface area (Å²) in [7, 11) is -2.49. The first-order valence-electron chi connectivity index (χ1n) is 9.64. The number of carbonyl (C=O) groups is 1. The molecule has 4 rings (SSSR count). The molecule has 1 heterocycles. The number of likely N-dealkylation sites (N-methyl/N-ethyl adjacent to an activating group) is 1. The number of aromatic nitrogens is 2. The topological polar surface area (TPSA) is 105 Å². The number of carbonyl (C=O) groups excluding carboxylic acids is 1. The van der Waals surface area contributed by atoms with E-state index in [0.717, 1.165) is 15.1 Å². The molecule has 0 radical (unpaired) electrons. The molecule has 32 heavy (non-hydrogen) atoms. The van der Waals surface area contributed by atoms with Crippen LogP contribution < -0.4 is 5.32 Å². The first kappa shape index (κ1) is 21.9. The number of nitrogens with zero attached hydrogens (tertiary/aromatic N) is 3. The molecule has 3 aromatic carbocycles. The van der Waals surface area contributed by atoms with Gasteiger partial charge in [0.25, 0.3) is 0 Å². The van der Waals surface area contributed by atoms with Crippen LogP contribution in [0.3, 0.4) is 0 Å². The highest BCUT2D eigenvalue weighted by Gasteiger charge is 2.23. The maximum Gasteiger partial charge on any atom is 0.246 e. The highest BCUT2D eigenvalue weighted by atomic mass is 35.5. The Labute approximate surface area is 189 Å². The minimum absolute atomic E-state index is 0.0415. The Morgan fingerprint density at radius 2 is 1.78 bits per heavy atom. The van der Waals surface area contributed by atoms with Crippen molar-refractivity contribution in [3.05, 3.63) is 77.6 Å². The normalized spacial score (nSPS) is 11.7. The van der Waals surface area contributed by atoms with Gasteiger partial charge >= 0.3 is 0 Å². The Morgan fingerprint density at radius 3 is 2.56 bits per heavy atom. The quantitative estimate of drug-likeness (QED) is 0.443. The molecule has 0 fully saturated rings. The third kappa shape index (κ3) is 4.64. The second-order valence-electron chi connectivity index (χ2n) is 7.04. The average molecular weight is 471 g/mol. The lowest BCUT2D eigenvalue weighted by Crippen LogP contribution is -2.38. The minimum atomic E-state index is -3.84. The first-order chi connectivity index (χ1) is 15.3. The third-order valence-corrected chi connectivity index (χ3v) is 6.94. The second-order valence-corrected chi connectivity index (χ2v) is 9.49. The molecule has 4 aromatic rings. The molecule has 0 saturated carbocycles. The molecule has 0 aliphatic carbocycles. The van der Waals surface area contributed by atoms with E-state index in [2.05, 4.69) is 15.5 Å². The molecule has 1 amide bonds. The van der Waals surface area contributed by atoms with Gasteiger partial charge in [-0.3, -0.25) is 4.79 Å². The van der Waals surface area contributed by atoms with Crippen LogP contribution in [0.4, 0.5) is 0 Å². The molecule has 0 bridgehead atoms. The van der Waals surface area contributed by atoms with Crippen molar-refractivity contribution in [2.24, 2.45) is 0 Å². The zero-order valence-electron chi connectivity index (χ0n) is 17.0. The monoisotopic (exact) mass is 470 g/mol. The summed E-state index contributed by atoms with van der Waals surface area (Å²) >= 11 is 6.12. The van der Waals surface area contributed by atoms with Crippen LogP contribution >= 0.6 is 11.6 Å². The van der Waals surface area contributed by atoms with E-state index in [1.807, 2.05) is 24.3 Å². The van der Waals surface area contributed by atoms with E-state index in [1.54, 1.807) is 36.4 Å². The van der Waals surface area contributed by atoms with Crippen molar-refractivity contribution in [2.75, 3.05) is 13.6 Å². The van der Waals surface area contributed by atoms with Gasteiger partial charge in [0.05, 0.1) is 23.0 Å². The van der Waals surface area contributed by atoms with Gasteiger partial charge in [-0.15, -0.1) is 0 Å². The fraction of sp³-hybridized carbons (Fsp3) is 0.136. The number of amides is 1. The zero-order chi connectivity index (χ0) is 22.7. The van der Waals surface area contributed by atoms with E-state index in [4.69, 9.17) is 16.1 Å². The van der Waals surface area contributed by atoms with Crippen LogP contribution in [0.5, 0.6) is 0 Å². The van der Waals surface area contributed by atoms with Crippen LogP contribution in [-0.2, 0) is 21.4 Å². The molecule has 0 saturated heterocycles. The predicted octanol–water partition coefficient (Wildman–Crippen LogP) is 3.48. The lowest BCUT2D eigenvalue weighted by Gasteiger charge is -2.17. The van der Waals surface area contributed by atoms with Gasteiger partial charge in [0.15, 0.2) is 0 Å². The van der Waals surface area contributed by atoms with Crippen LogP contribution in [0, 0.1) is 0 Å². The van der Waals surface area contributed by atoms with E-state index in [0.29, 0.717) is 16.4 Å². The Bertz CT molecular complexity index is 1390. The van der Waals surface area contributed by atoms with Crippen LogP contribution in [-0.4, -0.2) is 42.4 Å². The average Bonchev–Trinajstić information content (AvgIpc) is 3.26. The number of hydrogen-bond donors (Lipinski definition) is 1. The van der Waals surface area contributed by atoms with Crippen molar-refractivity contribution in [1.29, 1.82) is 0 Å². The molecule has 10 heteroatoms. The molecule has 0 atom stereocenters. The van der Waals surface area contributed by atoms with Crippen molar-refractivity contribution in [3.8, 4) is 11.4 Å². The van der Waals surface area contributed by atoms with Gasteiger partial charge in [-0.25, -0.2) is 8.42 Å². The lowest BCUT2D eigenvalue weighted by molar-refractivity contribution is -0.121. The number of hydrogen-bond acceptors (Lipinski definition) is 6. The molecule has 1 N–H and O–H groups in total. The van der Waals surface area contributed by atoms with E-state index >= 15 is 0 Å². The number of sulfonamides is 1. The largest absolute Gasteiger partial charge is 0.346 e. The fourth-order valence-electron chi connectivity index (χ4n) is 3.10.